The molecule has 0 aliphatic carbocycles. The summed E-state index contributed by atoms with van der Waals surface area (Å²) in [6.07, 6.45) is -0.329. The number of nitrogens with zero attached hydrogens (tertiary/aromatic N) is 1. The Morgan fingerprint density at radius 2 is 1.75 bits per heavy atom. The minimum absolute atomic E-state index is 0.0346. The smallest absolute Gasteiger partial charge is 0.256 e. The Morgan fingerprint density at radius 1 is 1.00 bits per heavy atom. The van der Waals surface area contributed by atoms with E-state index in [9.17, 15) is 4.79 Å². The Kier molecular flexibility index (Phi) is 5.16. The lowest BCUT2D eigenvalue weighted by atomic mass is 10.1. The fraction of sp³-hybridized carbons (Fsp3) is 0.136. The maximum absolute atomic E-state index is 13.1. The number of benzene rings is 3. The Morgan fingerprint density at radius 3 is 2.50 bits per heavy atom. The molecule has 0 saturated carbocycles. The number of ether oxygens (including phenoxy) is 1. The summed E-state index contributed by atoms with van der Waals surface area (Å²) in [5.41, 5.74) is 3.30. The van der Waals surface area contributed by atoms with Crippen LogP contribution in [0.25, 0.3) is 0 Å². The second kappa shape index (κ2) is 7.74. The second-order valence-electron chi connectivity index (χ2n) is 6.51. The van der Waals surface area contributed by atoms with E-state index in [1.165, 1.54) is 0 Å². The predicted molar refractivity (Wildman–Crippen MR) is 112 cm³/mol. The number of halogens is 2. The van der Waals surface area contributed by atoms with Crippen molar-refractivity contribution in [2.24, 2.45) is 0 Å². The van der Waals surface area contributed by atoms with Gasteiger partial charge in [0, 0.05) is 28.4 Å². The Hall–Kier alpha value is -2.69. The summed E-state index contributed by atoms with van der Waals surface area (Å²) in [4.78, 5) is 14.9. The molecule has 3 aromatic carbocycles. The number of methoxy groups -OCH3 is 1. The zero-order valence-corrected chi connectivity index (χ0v) is 16.7. The molecule has 3 aromatic rings. The van der Waals surface area contributed by atoms with E-state index in [2.05, 4.69) is 5.32 Å². The van der Waals surface area contributed by atoms with Gasteiger partial charge in [0.15, 0.2) is 0 Å². The van der Waals surface area contributed by atoms with Crippen molar-refractivity contribution in [3.63, 3.8) is 0 Å². The van der Waals surface area contributed by atoms with E-state index < -0.39 is 0 Å². The zero-order valence-electron chi connectivity index (χ0n) is 15.2. The highest BCUT2D eigenvalue weighted by Gasteiger charge is 2.36. The summed E-state index contributed by atoms with van der Waals surface area (Å²) >= 11 is 12.6. The third-order valence-corrected chi connectivity index (χ3v) is 5.48. The molecule has 4 nitrogen and oxygen atoms in total. The first-order chi connectivity index (χ1) is 13.6. The Balaban J connectivity index is 1.69. The first-order valence-electron chi connectivity index (χ1n) is 8.82. The fourth-order valence-corrected chi connectivity index (χ4v) is 3.87. The molecule has 0 spiro atoms. The highest BCUT2D eigenvalue weighted by atomic mass is 35.5. The number of rotatable bonds is 5. The monoisotopic (exact) mass is 412 g/mol. The van der Waals surface area contributed by atoms with Crippen LogP contribution in [-0.4, -0.2) is 17.9 Å². The lowest BCUT2D eigenvalue weighted by Crippen LogP contribution is -2.32. The Labute approximate surface area is 173 Å². The van der Waals surface area contributed by atoms with E-state index in [0.717, 1.165) is 16.8 Å². The van der Waals surface area contributed by atoms with E-state index >= 15 is 0 Å². The van der Waals surface area contributed by atoms with Crippen LogP contribution in [0.2, 0.25) is 10.0 Å². The molecule has 4 rings (SSSR count). The van der Waals surface area contributed by atoms with Crippen molar-refractivity contribution in [2.45, 2.75) is 12.7 Å². The third kappa shape index (κ3) is 3.41. The van der Waals surface area contributed by atoms with Gasteiger partial charge >= 0.3 is 0 Å². The number of carbonyl (C=O) groups excluding carboxylic acids is 1. The van der Waals surface area contributed by atoms with Gasteiger partial charge in [-0.15, -0.1) is 0 Å². The summed E-state index contributed by atoms with van der Waals surface area (Å²) in [6.45, 7) is 0.398. The Bertz CT molecular complexity index is 1040. The molecule has 1 amide bonds. The maximum Gasteiger partial charge on any atom is 0.256 e. The van der Waals surface area contributed by atoms with Gasteiger partial charge in [-0.1, -0.05) is 59.6 Å². The van der Waals surface area contributed by atoms with Gasteiger partial charge in [0.25, 0.3) is 5.91 Å². The highest BCUT2D eigenvalue weighted by molar-refractivity contribution is 6.32. The lowest BCUT2D eigenvalue weighted by Gasteiger charge is -2.27. The van der Waals surface area contributed by atoms with E-state index in [1.54, 1.807) is 24.1 Å². The molecule has 1 aliphatic heterocycles. The fourth-order valence-electron chi connectivity index (χ4n) is 3.41. The molecular weight excluding hydrogens is 395 g/mol. The highest BCUT2D eigenvalue weighted by Crippen LogP contribution is 2.37. The van der Waals surface area contributed by atoms with Gasteiger partial charge in [0.1, 0.15) is 11.9 Å². The third-order valence-electron chi connectivity index (χ3n) is 4.81. The lowest BCUT2D eigenvalue weighted by molar-refractivity contribution is 0.0729. The molecule has 28 heavy (non-hydrogen) atoms. The number of nitrogens with one attached hydrogen (secondary N) is 1. The molecule has 1 atom stereocenters. The predicted octanol–water partition coefficient (Wildman–Crippen LogP) is 5.77. The second-order valence-corrected chi connectivity index (χ2v) is 7.32. The maximum atomic E-state index is 13.1. The average Bonchev–Trinajstić information content (AvgIpc) is 2.96. The van der Waals surface area contributed by atoms with Crippen LogP contribution in [-0.2, 0) is 6.54 Å². The zero-order chi connectivity index (χ0) is 19.7. The van der Waals surface area contributed by atoms with Crippen LogP contribution in [0.4, 0.5) is 5.69 Å². The van der Waals surface area contributed by atoms with Crippen LogP contribution >= 0.6 is 23.2 Å². The minimum atomic E-state index is -0.329. The van der Waals surface area contributed by atoms with Gasteiger partial charge in [-0.3, -0.25) is 4.79 Å². The normalized spacial score (nSPS) is 15.5. The molecule has 0 bridgehead atoms. The van der Waals surface area contributed by atoms with Crippen molar-refractivity contribution in [1.29, 1.82) is 0 Å². The minimum Gasteiger partial charge on any atom is -0.495 e. The van der Waals surface area contributed by atoms with E-state index in [1.807, 2.05) is 54.6 Å². The van der Waals surface area contributed by atoms with Gasteiger partial charge in [-0.05, 0) is 35.9 Å². The van der Waals surface area contributed by atoms with Crippen molar-refractivity contribution < 1.29 is 9.53 Å². The summed E-state index contributed by atoms with van der Waals surface area (Å²) in [5, 5.41) is 4.57. The number of anilines is 1. The molecule has 0 aromatic heterocycles. The van der Waals surface area contributed by atoms with Crippen molar-refractivity contribution in [2.75, 3.05) is 12.4 Å². The van der Waals surface area contributed by atoms with Crippen LogP contribution in [0.5, 0.6) is 5.75 Å². The van der Waals surface area contributed by atoms with Crippen molar-refractivity contribution in [3.05, 3.63) is 93.5 Å². The van der Waals surface area contributed by atoms with Crippen molar-refractivity contribution >= 4 is 34.8 Å². The van der Waals surface area contributed by atoms with Gasteiger partial charge in [-0.25, -0.2) is 0 Å². The molecule has 0 radical (unpaired) electrons. The van der Waals surface area contributed by atoms with Gasteiger partial charge in [0.05, 0.1) is 12.1 Å². The average molecular weight is 413 g/mol. The first kappa shape index (κ1) is 18.7. The summed E-state index contributed by atoms with van der Waals surface area (Å²) in [5.74, 6) is 0.565. The molecule has 0 saturated heterocycles. The van der Waals surface area contributed by atoms with Crippen molar-refractivity contribution in [3.8, 4) is 5.75 Å². The van der Waals surface area contributed by atoms with Crippen LogP contribution in [0.3, 0.4) is 0 Å². The van der Waals surface area contributed by atoms with Gasteiger partial charge in [-0.2, -0.15) is 0 Å². The number of fused-ring (bicyclic) bond motifs is 1. The molecule has 6 heteroatoms. The SMILES string of the molecule is COc1ccc(N[C@@H]2c3ccccc3C(=O)N2Cc2ccccc2Cl)cc1Cl. The quantitative estimate of drug-likeness (QED) is 0.578. The van der Waals surface area contributed by atoms with Crippen LogP contribution in [0.1, 0.15) is 27.7 Å². The number of carbonyl (C=O) groups is 1. The summed E-state index contributed by atoms with van der Waals surface area (Å²) < 4.78 is 5.22. The largest absolute Gasteiger partial charge is 0.495 e. The molecule has 142 valence electrons. The molecule has 0 unspecified atom stereocenters. The first-order valence-corrected chi connectivity index (χ1v) is 9.57. The topological polar surface area (TPSA) is 41.6 Å². The van der Waals surface area contributed by atoms with Crippen LogP contribution < -0.4 is 10.1 Å². The van der Waals surface area contributed by atoms with Crippen molar-refractivity contribution in [1.82, 2.24) is 4.90 Å². The number of hydrogen-bond acceptors (Lipinski definition) is 3. The van der Waals surface area contributed by atoms with E-state index in [0.29, 0.717) is 27.9 Å². The molecule has 1 N–H and O–H groups in total. The molecular formula is C22H18Cl2N2O2. The standard InChI is InChI=1S/C22H18Cl2N2O2/c1-28-20-11-10-15(12-19(20)24)25-21-16-7-3-4-8-17(16)22(27)26(21)13-14-6-2-5-9-18(14)23/h2-12,21,25H,13H2,1H3/t21-/m0/s1. The van der Waals surface area contributed by atoms with Gasteiger partial charge < -0.3 is 15.0 Å². The van der Waals surface area contributed by atoms with E-state index in [4.69, 9.17) is 27.9 Å². The number of amides is 1. The summed E-state index contributed by atoms with van der Waals surface area (Å²) in [6, 6.07) is 20.6. The van der Waals surface area contributed by atoms with Crippen LogP contribution in [0, 0.1) is 0 Å². The van der Waals surface area contributed by atoms with E-state index in [-0.39, 0.29) is 12.1 Å². The molecule has 1 heterocycles. The van der Waals surface area contributed by atoms with Crippen LogP contribution in [0.15, 0.2) is 66.7 Å². The van der Waals surface area contributed by atoms with Gasteiger partial charge in [0.2, 0.25) is 0 Å². The molecule has 1 aliphatic rings. The molecule has 0 fully saturated rings. The summed E-state index contributed by atoms with van der Waals surface area (Å²) in [7, 11) is 1.57. The number of hydrogen-bond donors (Lipinski definition) is 1.